The molecular weight excluding hydrogens is 438 g/mol. The lowest BCUT2D eigenvalue weighted by atomic mass is 9.96. The highest BCUT2D eigenvalue weighted by atomic mass is 32.2. The Balaban J connectivity index is 1.73. The number of nitrogens with zero attached hydrogens (tertiary/aromatic N) is 3. The number of aromatic nitrogens is 1. The highest BCUT2D eigenvalue weighted by molar-refractivity contribution is 7.89. The van der Waals surface area contributed by atoms with Crippen LogP contribution in [0.3, 0.4) is 0 Å². The lowest BCUT2D eigenvalue weighted by molar-refractivity contribution is -0.136. The fourth-order valence-electron chi connectivity index (χ4n) is 4.25. The molecule has 0 unspecified atom stereocenters. The number of carbonyl (C=O) groups excluding carboxylic acids is 1. The molecule has 2 aromatic rings. The number of benzene rings is 1. The number of aryl methyl sites for hydroxylation is 2. The molecule has 7 nitrogen and oxygen atoms in total. The van der Waals surface area contributed by atoms with Crippen LogP contribution in [-0.4, -0.2) is 54.9 Å². The third-order valence-corrected chi connectivity index (χ3v) is 8.10. The van der Waals surface area contributed by atoms with E-state index in [9.17, 15) is 13.2 Å². The molecule has 0 bridgehead atoms. The molecule has 180 valence electrons. The van der Waals surface area contributed by atoms with Crippen LogP contribution >= 0.6 is 0 Å². The summed E-state index contributed by atoms with van der Waals surface area (Å²) < 4.78 is 33.7. The zero-order valence-electron chi connectivity index (χ0n) is 20.1. The molecule has 3 rings (SSSR count). The van der Waals surface area contributed by atoms with Crippen molar-refractivity contribution in [1.82, 2.24) is 14.4 Å². The van der Waals surface area contributed by atoms with Gasteiger partial charge in [0.2, 0.25) is 15.9 Å². The topological polar surface area (TPSA) is 83.7 Å². The summed E-state index contributed by atoms with van der Waals surface area (Å²) in [7, 11) is -3.78. The van der Waals surface area contributed by atoms with E-state index in [0.717, 1.165) is 37.1 Å². The maximum atomic E-state index is 13.5. The first kappa shape index (κ1) is 25.2. The molecule has 0 radical (unpaired) electrons. The van der Waals surface area contributed by atoms with E-state index in [1.165, 1.54) is 4.31 Å². The van der Waals surface area contributed by atoms with Crippen molar-refractivity contribution in [2.24, 2.45) is 5.92 Å². The van der Waals surface area contributed by atoms with Crippen molar-refractivity contribution >= 4 is 28.1 Å². The standard InChI is InChI=1S/C25H35N3O4S/c1-5-15-27(16-6-2)25(29)22-13-17-28(18-14-22)33(30,31)24-20(4)26-32-23(24)12-11-21-9-7-19(3)8-10-21/h7-12,22H,5-6,13-18H2,1-4H3. The zero-order valence-corrected chi connectivity index (χ0v) is 20.9. The highest BCUT2D eigenvalue weighted by Gasteiger charge is 2.36. The Bertz CT molecular complexity index is 1060. The summed E-state index contributed by atoms with van der Waals surface area (Å²) in [6.07, 6.45) is 6.37. The van der Waals surface area contributed by atoms with Crippen LogP contribution in [0, 0.1) is 19.8 Å². The first-order valence-electron chi connectivity index (χ1n) is 11.8. The molecule has 1 aromatic heterocycles. The lowest BCUT2D eigenvalue weighted by Gasteiger charge is -2.33. The van der Waals surface area contributed by atoms with Crippen molar-refractivity contribution in [1.29, 1.82) is 0 Å². The van der Waals surface area contributed by atoms with Crippen molar-refractivity contribution in [3.05, 3.63) is 46.8 Å². The van der Waals surface area contributed by atoms with Gasteiger partial charge in [-0.3, -0.25) is 4.79 Å². The first-order valence-corrected chi connectivity index (χ1v) is 13.2. The van der Waals surface area contributed by atoms with Crippen LogP contribution in [0.4, 0.5) is 0 Å². The normalized spacial score (nSPS) is 15.9. The summed E-state index contributed by atoms with van der Waals surface area (Å²) >= 11 is 0. The van der Waals surface area contributed by atoms with Gasteiger partial charge in [-0.25, -0.2) is 8.42 Å². The van der Waals surface area contributed by atoms with E-state index in [1.807, 2.05) is 42.2 Å². The minimum Gasteiger partial charge on any atom is -0.355 e. The van der Waals surface area contributed by atoms with Gasteiger partial charge in [-0.15, -0.1) is 0 Å². The summed E-state index contributed by atoms with van der Waals surface area (Å²) in [4.78, 5) is 15.0. The maximum absolute atomic E-state index is 13.5. The molecule has 1 aromatic carbocycles. The monoisotopic (exact) mass is 473 g/mol. The van der Waals surface area contributed by atoms with Crippen molar-refractivity contribution in [2.75, 3.05) is 26.2 Å². The molecule has 1 aliphatic rings. The number of carbonyl (C=O) groups is 1. The Labute approximate surface area is 197 Å². The van der Waals surface area contributed by atoms with E-state index in [0.29, 0.717) is 31.6 Å². The van der Waals surface area contributed by atoms with E-state index >= 15 is 0 Å². The van der Waals surface area contributed by atoms with E-state index < -0.39 is 10.0 Å². The lowest BCUT2D eigenvalue weighted by Crippen LogP contribution is -2.45. The average Bonchev–Trinajstić information content (AvgIpc) is 3.19. The molecule has 8 heteroatoms. The van der Waals surface area contributed by atoms with Crippen LogP contribution < -0.4 is 0 Å². The number of hydrogen-bond donors (Lipinski definition) is 0. The predicted molar refractivity (Wildman–Crippen MR) is 130 cm³/mol. The van der Waals surface area contributed by atoms with Crippen LogP contribution in [-0.2, 0) is 14.8 Å². The van der Waals surface area contributed by atoms with Gasteiger partial charge in [0.15, 0.2) is 10.7 Å². The van der Waals surface area contributed by atoms with Gasteiger partial charge in [-0.1, -0.05) is 54.9 Å². The molecular formula is C25H35N3O4S. The van der Waals surface area contributed by atoms with Crippen molar-refractivity contribution in [3.63, 3.8) is 0 Å². The number of rotatable bonds is 9. The molecule has 0 N–H and O–H groups in total. The van der Waals surface area contributed by atoms with E-state index in [-0.39, 0.29) is 22.5 Å². The third kappa shape index (κ3) is 5.92. The van der Waals surface area contributed by atoms with Gasteiger partial charge < -0.3 is 9.42 Å². The number of sulfonamides is 1. The summed E-state index contributed by atoms with van der Waals surface area (Å²) in [5.41, 5.74) is 2.44. The van der Waals surface area contributed by atoms with Crippen LogP contribution in [0.5, 0.6) is 0 Å². The number of piperidine rings is 1. The molecule has 0 spiro atoms. The molecule has 1 fully saturated rings. The first-order chi connectivity index (χ1) is 15.8. The van der Waals surface area contributed by atoms with Crippen molar-refractivity contribution in [2.45, 2.75) is 58.3 Å². The number of hydrogen-bond acceptors (Lipinski definition) is 5. The molecule has 1 amide bonds. The SMILES string of the molecule is CCCN(CCC)C(=O)C1CCN(S(=O)(=O)c2c(C)noc2C=Cc2ccc(C)cc2)CC1. The molecule has 1 aliphatic heterocycles. The van der Waals surface area contributed by atoms with Gasteiger partial charge >= 0.3 is 0 Å². The van der Waals surface area contributed by atoms with Crippen LogP contribution in [0.15, 0.2) is 33.7 Å². The quantitative estimate of drug-likeness (QED) is 0.535. The second kappa shape index (κ2) is 11.1. The second-order valence-electron chi connectivity index (χ2n) is 8.71. The summed E-state index contributed by atoms with van der Waals surface area (Å²) in [6.45, 7) is 9.92. The molecule has 33 heavy (non-hydrogen) atoms. The molecule has 0 aliphatic carbocycles. The van der Waals surface area contributed by atoms with E-state index in [4.69, 9.17) is 4.52 Å². The second-order valence-corrected chi connectivity index (χ2v) is 10.6. The Morgan fingerprint density at radius 1 is 1.09 bits per heavy atom. The van der Waals surface area contributed by atoms with Gasteiger partial charge in [-0.2, -0.15) is 4.31 Å². The molecule has 0 atom stereocenters. The van der Waals surface area contributed by atoms with Gasteiger partial charge in [0.25, 0.3) is 0 Å². The highest BCUT2D eigenvalue weighted by Crippen LogP contribution is 2.30. The van der Waals surface area contributed by atoms with Gasteiger partial charge in [0.1, 0.15) is 5.69 Å². The van der Waals surface area contributed by atoms with Crippen molar-refractivity contribution < 1.29 is 17.7 Å². The summed E-state index contributed by atoms with van der Waals surface area (Å²) in [5, 5.41) is 3.92. The molecule has 1 saturated heterocycles. The largest absolute Gasteiger partial charge is 0.355 e. The van der Waals surface area contributed by atoms with Gasteiger partial charge in [0.05, 0.1) is 0 Å². The van der Waals surface area contributed by atoms with Crippen molar-refractivity contribution in [3.8, 4) is 0 Å². The Hall–Kier alpha value is -2.45. The Kier molecular flexibility index (Phi) is 8.48. The van der Waals surface area contributed by atoms with Crippen LogP contribution in [0.2, 0.25) is 0 Å². The fourth-order valence-corrected chi connectivity index (χ4v) is 5.97. The average molecular weight is 474 g/mol. The smallest absolute Gasteiger partial charge is 0.248 e. The van der Waals surface area contributed by atoms with Gasteiger partial charge in [0, 0.05) is 32.1 Å². The van der Waals surface area contributed by atoms with E-state index in [1.54, 1.807) is 13.0 Å². The minimum atomic E-state index is -3.78. The zero-order chi connectivity index (χ0) is 24.0. The minimum absolute atomic E-state index is 0.106. The predicted octanol–water partition coefficient (Wildman–Crippen LogP) is 4.51. The Morgan fingerprint density at radius 2 is 1.70 bits per heavy atom. The number of amides is 1. The maximum Gasteiger partial charge on any atom is 0.248 e. The molecule has 0 saturated carbocycles. The molecule has 2 heterocycles. The third-order valence-electron chi connectivity index (χ3n) is 6.04. The van der Waals surface area contributed by atoms with Gasteiger partial charge in [-0.05, 0) is 51.2 Å². The van der Waals surface area contributed by atoms with Crippen LogP contribution in [0.25, 0.3) is 12.2 Å². The van der Waals surface area contributed by atoms with E-state index in [2.05, 4.69) is 19.0 Å². The summed E-state index contributed by atoms with van der Waals surface area (Å²) in [5.74, 6) is 0.251. The summed E-state index contributed by atoms with van der Waals surface area (Å²) in [6, 6.07) is 7.92. The van der Waals surface area contributed by atoms with Crippen LogP contribution in [0.1, 0.15) is 62.1 Å². The fraction of sp³-hybridized carbons (Fsp3) is 0.520. The Morgan fingerprint density at radius 3 is 2.27 bits per heavy atom.